The molecule has 2 atom stereocenters. The second kappa shape index (κ2) is 8.53. The SMILES string of the molecule is CC1(C)CC2CC(C)(CN2S(=O)(=O)c2cccc(C(=O)OCC(=O)c3ccc(Cl)cc3)c2)C1. The molecule has 0 amide bonds. The number of fused-ring (bicyclic) bond motifs is 2. The highest BCUT2D eigenvalue weighted by atomic mass is 35.5. The van der Waals surface area contributed by atoms with E-state index in [1.165, 1.54) is 24.3 Å². The zero-order chi connectivity index (χ0) is 24.0. The number of ether oxygens (including phenoxy) is 1. The molecule has 1 saturated carbocycles. The van der Waals surface area contributed by atoms with Crippen LogP contribution in [0.25, 0.3) is 0 Å². The van der Waals surface area contributed by atoms with E-state index in [-0.39, 0.29) is 33.1 Å². The van der Waals surface area contributed by atoms with E-state index in [2.05, 4.69) is 20.8 Å². The topological polar surface area (TPSA) is 80.8 Å². The summed E-state index contributed by atoms with van der Waals surface area (Å²) >= 11 is 5.82. The number of carbonyl (C=O) groups excluding carboxylic acids is 2. The molecule has 2 aromatic rings. The number of hydrogen-bond acceptors (Lipinski definition) is 5. The molecule has 1 aliphatic heterocycles. The molecule has 0 aromatic heterocycles. The average molecular weight is 490 g/mol. The summed E-state index contributed by atoms with van der Waals surface area (Å²) in [5.41, 5.74) is 0.510. The Balaban J connectivity index is 1.48. The first kappa shape index (κ1) is 23.9. The molecule has 2 bridgehead atoms. The van der Waals surface area contributed by atoms with Crippen LogP contribution in [0, 0.1) is 10.8 Å². The van der Waals surface area contributed by atoms with Gasteiger partial charge in [-0.05, 0) is 72.6 Å². The highest BCUT2D eigenvalue weighted by Crippen LogP contribution is 2.53. The molecule has 2 unspecified atom stereocenters. The third-order valence-electron chi connectivity index (χ3n) is 6.54. The van der Waals surface area contributed by atoms with Crippen molar-refractivity contribution < 1.29 is 22.7 Å². The Bertz CT molecular complexity index is 1190. The smallest absolute Gasteiger partial charge is 0.338 e. The molecule has 2 aromatic carbocycles. The first-order chi connectivity index (χ1) is 15.4. The van der Waals surface area contributed by atoms with Gasteiger partial charge in [0.1, 0.15) is 0 Å². The average Bonchev–Trinajstić information content (AvgIpc) is 3.01. The molecule has 0 spiro atoms. The molecule has 6 nitrogen and oxygen atoms in total. The number of ketones is 1. The fourth-order valence-corrected chi connectivity index (χ4v) is 7.49. The third-order valence-corrected chi connectivity index (χ3v) is 8.69. The van der Waals surface area contributed by atoms with Crippen molar-refractivity contribution in [3.05, 3.63) is 64.7 Å². The molecule has 4 rings (SSSR count). The molecule has 2 fully saturated rings. The quantitative estimate of drug-likeness (QED) is 0.422. The van der Waals surface area contributed by atoms with Gasteiger partial charge in [-0.25, -0.2) is 13.2 Å². The van der Waals surface area contributed by atoms with Gasteiger partial charge in [-0.15, -0.1) is 0 Å². The van der Waals surface area contributed by atoms with Crippen LogP contribution in [-0.2, 0) is 14.8 Å². The number of hydrogen-bond donors (Lipinski definition) is 0. The molecule has 8 heteroatoms. The first-order valence-corrected chi connectivity index (χ1v) is 12.8. The number of carbonyl (C=O) groups is 2. The van der Waals surface area contributed by atoms with Crippen LogP contribution in [0.4, 0.5) is 0 Å². The summed E-state index contributed by atoms with van der Waals surface area (Å²) < 4.78 is 33.7. The molecule has 0 radical (unpaired) electrons. The largest absolute Gasteiger partial charge is 0.454 e. The zero-order valence-corrected chi connectivity index (χ0v) is 20.6. The van der Waals surface area contributed by atoms with Crippen LogP contribution in [0.2, 0.25) is 5.02 Å². The number of nitrogens with zero attached hydrogens (tertiary/aromatic N) is 1. The van der Waals surface area contributed by atoms with Gasteiger partial charge in [-0.1, -0.05) is 38.4 Å². The van der Waals surface area contributed by atoms with Gasteiger partial charge in [-0.2, -0.15) is 4.31 Å². The van der Waals surface area contributed by atoms with Crippen LogP contribution in [0.1, 0.15) is 60.7 Å². The summed E-state index contributed by atoms with van der Waals surface area (Å²) in [5.74, 6) is -1.12. The number of esters is 1. The van der Waals surface area contributed by atoms with Crippen LogP contribution in [-0.4, -0.2) is 43.7 Å². The minimum atomic E-state index is -3.77. The van der Waals surface area contributed by atoms with E-state index >= 15 is 0 Å². The predicted molar refractivity (Wildman–Crippen MR) is 126 cm³/mol. The van der Waals surface area contributed by atoms with Crippen LogP contribution >= 0.6 is 11.6 Å². The van der Waals surface area contributed by atoms with Gasteiger partial charge in [0, 0.05) is 23.2 Å². The molecule has 0 N–H and O–H groups in total. The van der Waals surface area contributed by atoms with Crippen LogP contribution in [0.3, 0.4) is 0 Å². The van der Waals surface area contributed by atoms with Crippen molar-refractivity contribution in [2.45, 2.75) is 51.0 Å². The predicted octanol–water partition coefficient (Wildman–Crippen LogP) is 4.97. The molecule has 2 aliphatic rings. The van der Waals surface area contributed by atoms with Gasteiger partial charge in [0.05, 0.1) is 10.5 Å². The van der Waals surface area contributed by atoms with Gasteiger partial charge < -0.3 is 4.74 Å². The Labute approximate surface area is 199 Å². The Hall–Kier alpha value is -2.22. The number of sulfonamides is 1. The summed E-state index contributed by atoms with van der Waals surface area (Å²) in [6.07, 6.45) is 2.65. The highest BCUT2D eigenvalue weighted by Gasteiger charge is 2.53. The van der Waals surface area contributed by atoms with Crippen molar-refractivity contribution in [3.63, 3.8) is 0 Å². The van der Waals surface area contributed by atoms with Gasteiger partial charge in [0.25, 0.3) is 0 Å². The Morgan fingerprint density at radius 3 is 2.45 bits per heavy atom. The van der Waals surface area contributed by atoms with Crippen molar-refractivity contribution in [1.82, 2.24) is 4.31 Å². The summed E-state index contributed by atoms with van der Waals surface area (Å²) in [4.78, 5) is 24.9. The van der Waals surface area contributed by atoms with E-state index in [9.17, 15) is 18.0 Å². The lowest BCUT2D eigenvalue weighted by molar-refractivity contribution is 0.0474. The van der Waals surface area contributed by atoms with Crippen LogP contribution < -0.4 is 0 Å². The molecular formula is C25H28ClNO5S. The Morgan fingerprint density at radius 2 is 1.76 bits per heavy atom. The highest BCUT2D eigenvalue weighted by molar-refractivity contribution is 7.89. The minimum Gasteiger partial charge on any atom is -0.454 e. The van der Waals surface area contributed by atoms with E-state index in [4.69, 9.17) is 16.3 Å². The number of Topliss-reactive ketones (excluding diaryl/α,β-unsaturated/α-hetero) is 1. The standard InChI is InChI=1S/C25H28ClNO5S/c1-24(2)12-20-13-25(3,15-24)16-27(20)33(30,31)21-6-4-5-18(11-21)23(29)32-14-22(28)17-7-9-19(26)10-8-17/h4-11,20H,12-16H2,1-3H3. The summed E-state index contributed by atoms with van der Waals surface area (Å²) in [5, 5.41) is 0.501. The summed E-state index contributed by atoms with van der Waals surface area (Å²) in [6, 6.07) is 12.1. The van der Waals surface area contributed by atoms with Crippen LogP contribution in [0.5, 0.6) is 0 Å². The molecule has 1 saturated heterocycles. The van der Waals surface area contributed by atoms with E-state index < -0.39 is 22.6 Å². The first-order valence-electron chi connectivity index (χ1n) is 11.0. The second-order valence-electron chi connectivity index (χ2n) is 10.3. The van der Waals surface area contributed by atoms with Crippen molar-refractivity contribution >= 4 is 33.4 Å². The number of benzene rings is 2. The maximum Gasteiger partial charge on any atom is 0.338 e. The van der Waals surface area contributed by atoms with Crippen molar-refractivity contribution in [2.75, 3.05) is 13.2 Å². The van der Waals surface area contributed by atoms with Gasteiger partial charge in [0.15, 0.2) is 12.4 Å². The second-order valence-corrected chi connectivity index (χ2v) is 12.6. The van der Waals surface area contributed by atoms with Gasteiger partial charge >= 0.3 is 5.97 Å². The fraction of sp³-hybridized carbons (Fsp3) is 0.440. The third kappa shape index (κ3) is 5.00. The maximum atomic E-state index is 13.5. The van der Waals surface area contributed by atoms with Crippen molar-refractivity contribution in [3.8, 4) is 0 Å². The Morgan fingerprint density at radius 1 is 1.06 bits per heavy atom. The zero-order valence-electron chi connectivity index (χ0n) is 19.0. The molecule has 33 heavy (non-hydrogen) atoms. The lowest BCUT2D eigenvalue weighted by Gasteiger charge is -2.39. The van der Waals surface area contributed by atoms with Crippen LogP contribution in [0.15, 0.2) is 53.4 Å². The molecular weight excluding hydrogens is 462 g/mol. The summed E-state index contributed by atoms with van der Waals surface area (Å²) in [7, 11) is -3.77. The molecule has 176 valence electrons. The van der Waals surface area contributed by atoms with E-state index in [0.717, 1.165) is 19.3 Å². The monoisotopic (exact) mass is 489 g/mol. The lowest BCUT2D eigenvalue weighted by atomic mass is 9.65. The van der Waals surface area contributed by atoms with E-state index in [0.29, 0.717) is 17.1 Å². The maximum absolute atomic E-state index is 13.5. The van der Waals surface area contributed by atoms with Crippen molar-refractivity contribution in [2.24, 2.45) is 10.8 Å². The Kier molecular flexibility index (Phi) is 6.18. The normalized spacial score (nSPS) is 24.4. The summed E-state index contributed by atoms with van der Waals surface area (Å²) in [6.45, 7) is 6.57. The molecule has 1 aliphatic carbocycles. The van der Waals surface area contributed by atoms with Gasteiger partial charge in [-0.3, -0.25) is 4.79 Å². The van der Waals surface area contributed by atoms with E-state index in [1.54, 1.807) is 28.6 Å². The van der Waals surface area contributed by atoms with Gasteiger partial charge in [0.2, 0.25) is 10.0 Å². The fourth-order valence-electron chi connectivity index (χ4n) is 5.54. The minimum absolute atomic E-state index is 0.0436. The number of rotatable bonds is 6. The number of halogens is 1. The van der Waals surface area contributed by atoms with E-state index in [1.807, 2.05) is 0 Å². The van der Waals surface area contributed by atoms with Crippen molar-refractivity contribution in [1.29, 1.82) is 0 Å². The lowest BCUT2D eigenvalue weighted by Crippen LogP contribution is -2.37. The molecule has 1 heterocycles.